The van der Waals surface area contributed by atoms with Gasteiger partial charge < -0.3 is 15.4 Å². The molecule has 1 amide bonds. The summed E-state index contributed by atoms with van der Waals surface area (Å²) in [6.45, 7) is 1.61. The second-order valence-corrected chi connectivity index (χ2v) is 6.23. The second-order valence-electron chi connectivity index (χ2n) is 5.07. The smallest absolute Gasteiger partial charge is 0.260 e. The average molecular weight is 399 g/mol. The lowest BCUT2D eigenvalue weighted by Gasteiger charge is -2.21. The van der Waals surface area contributed by atoms with Crippen molar-refractivity contribution in [1.82, 2.24) is 4.90 Å². The van der Waals surface area contributed by atoms with Crippen LogP contribution < -0.4 is 10.5 Å². The molecular formula is C15H18IN3O2. The van der Waals surface area contributed by atoms with E-state index in [4.69, 9.17) is 15.7 Å². The number of anilines is 1. The molecule has 1 heterocycles. The fourth-order valence-corrected chi connectivity index (χ4v) is 3.18. The summed E-state index contributed by atoms with van der Waals surface area (Å²) >= 11 is 2.06. The predicted octanol–water partition coefficient (Wildman–Crippen LogP) is 2.53. The fourth-order valence-electron chi connectivity index (χ4n) is 2.38. The Morgan fingerprint density at radius 1 is 1.33 bits per heavy atom. The van der Waals surface area contributed by atoms with Crippen LogP contribution in [0.4, 0.5) is 5.69 Å². The topological polar surface area (TPSA) is 79.4 Å². The number of amides is 1. The molecule has 0 unspecified atom stereocenters. The number of hydrogen-bond donors (Lipinski definition) is 1. The van der Waals surface area contributed by atoms with Crippen LogP contribution in [0, 0.1) is 14.9 Å². The van der Waals surface area contributed by atoms with Gasteiger partial charge in [-0.1, -0.05) is 12.8 Å². The molecule has 0 atom stereocenters. The molecule has 5 nitrogen and oxygen atoms in total. The van der Waals surface area contributed by atoms with Crippen LogP contribution in [0.15, 0.2) is 12.1 Å². The number of benzene rings is 1. The van der Waals surface area contributed by atoms with Gasteiger partial charge in [0.2, 0.25) is 0 Å². The van der Waals surface area contributed by atoms with Crippen LogP contribution in [0.1, 0.15) is 31.2 Å². The van der Waals surface area contributed by atoms with Gasteiger partial charge in [0, 0.05) is 13.1 Å². The van der Waals surface area contributed by atoms with Crippen molar-refractivity contribution < 1.29 is 9.53 Å². The molecule has 2 rings (SSSR count). The largest absolute Gasteiger partial charge is 0.480 e. The van der Waals surface area contributed by atoms with Gasteiger partial charge in [0.05, 0.1) is 20.9 Å². The van der Waals surface area contributed by atoms with Crippen molar-refractivity contribution >= 4 is 34.2 Å². The Bertz CT molecular complexity index is 538. The van der Waals surface area contributed by atoms with E-state index in [2.05, 4.69) is 22.6 Å². The third-order valence-electron chi connectivity index (χ3n) is 3.50. The van der Waals surface area contributed by atoms with E-state index >= 15 is 0 Å². The van der Waals surface area contributed by atoms with Crippen LogP contribution in [0.2, 0.25) is 0 Å². The molecule has 1 aromatic rings. The third kappa shape index (κ3) is 4.24. The maximum atomic E-state index is 12.2. The summed E-state index contributed by atoms with van der Waals surface area (Å²) in [5, 5.41) is 8.88. The van der Waals surface area contributed by atoms with Gasteiger partial charge in [-0.2, -0.15) is 5.26 Å². The lowest BCUT2D eigenvalue weighted by molar-refractivity contribution is -0.133. The molecule has 0 aromatic heterocycles. The molecule has 2 N–H and O–H groups in total. The Morgan fingerprint density at radius 3 is 2.57 bits per heavy atom. The lowest BCUT2D eigenvalue weighted by atomic mass is 10.2. The van der Waals surface area contributed by atoms with E-state index in [-0.39, 0.29) is 12.5 Å². The molecule has 1 aliphatic heterocycles. The lowest BCUT2D eigenvalue weighted by Crippen LogP contribution is -2.35. The van der Waals surface area contributed by atoms with E-state index in [9.17, 15) is 4.79 Å². The molecule has 6 heteroatoms. The monoisotopic (exact) mass is 399 g/mol. The van der Waals surface area contributed by atoms with Crippen molar-refractivity contribution in [2.75, 3.05) is 25.4 Å². The van der Waals surface area contributed by atoms with Gasteiger partial charge in [0.1, 0.15) is 0 Å². The van der Waals surface area contributed by atoms with E-state index < -0.39 is 0 Å². The molecule has 112 valence electrons. The molecule has 1 aliphatic rings. The Morgan fingerprint density at radius 2 is 2.00 bits per heavy atom. The van der Waals surface area contributed by atoms with Gasteiger partial charge in [-0.05, 0) is 47.6 Å². The minimum atomic E-state index is -0.00784. The highest BCUT2D eigenvalue weighted by molar-refractivity contribution is 14.1. The number of carbonyl (C=O) groups is 1. The van der Waals surface area contributed by atoms with Crippen LogP contribution >= 0.6 is 22.6 Å². The average Bonchev–Trinajstić information content (AvgIpc) is 2.75. The molecular weight excluding hydrogens is 381 g/mol. The Hall–Kier alpha value is -1.49. The van der Waals surface area contributed by atoms with Gasteiger partial charge in [0.25, 0.3) is 5.91 Å². The summed E-state index contributed by atoms with van der Waals surface area (Å²) in [6.07, 6.45) is 4.49. The zero-order valence-corrected chi connectivity index (χ0v) is 13.9. The number of hydrogen-bond acceptors (Lipinski definition) is 4. The zero-order valence-electron chi connectivity index (χ0n) is 11.8. The third-order valence-corrected chi connectivity index (χ3v) is 4.30. The number of halogens is 1. The molecule has 0 spiro atoms. The summed E-state index contributed by atoms with van der Waals surface area (Å²) in [5.41, 5.74) is 6.76. The SMILES string of the molecule is N#Cc1cc(N)c(OCC(=O)N2CCCCCC2)c(I)c1. The first-order chi connectivity index (χ1) is 10.1. The van der Waals surface area contributed by atoms with Crippen molar-refractivity contribution in [2.24, 2.45) is 0 Å². The maximum absolute atomic E-state index is 12.2. The van der Waals surface area contributed by atoms with E-state index in [1.54, 1.807) is 12.1 Å². The highest BCUT2D eigenvalue weighted by Gasteiger charge is 2.17. The first-order valence-corrected chi connectivity index (χ1v) is 8.09. The summed E-state index contributed by atoms with van der Waals surface area (Å²) < 4.78 is 6.33. The number of ether oxygens (including phenoxy) is 1. The number of nitrogens with two attached hydrogens (primary N) is 1. The number of nitrogen functional groups attached to an aromatic ring is 1. The Kier molecular flexibility index (Phi) is 5.67. The molecule has 21 heavy (non-hydrogen) atoms. The minimum absolute atomic E-state index is 0.00328. The first kappa shape index (κ1) is 15.9. The number of carbonyl (C=O) groups excluding carboxylic acids is 1. The van der Waals surface area contributed by atoms with Crippen molar-refractivity contribution in [2.45, 2.75) is 25.7 Å². The van der Waals surface area contributed by atoms with E-state index in [0.29, 0.717) is 17.0 Å². The van der Waals surface area contributed by atoms with Gasteiger partial charge in [-0.25, -0.2) is 0 Å². The van der Waals surface area contributed by atoms with E-state index in [1.807, 2.05) is 11.0 Å². The van der Waals surface area contributed by atoms with E-state index in [0.717, 1.165) is 29.5 Å². The zero-order chi connectivity index (χ0) is 15.2. The highest BCUT2D eigenvalue weighted by atomic mass is 127. The molecule has 1 saturated heterocycles. The fraction of sp³-hybridized carbons (Fsp3) is 0.467. The van der Waals surface area contributed by atoms with Crippen LogP contribution in [-0.4, -0.2) is 30.5 Å². The molecule has 1 fully saturated rings. The van der Waals surface area contributed by atoms with Crippen LogP contribution in [0.25, 0.3) is 0 Å². The van der Waals surface area contributed by atoms with Crippen LogP contribution in [-0.2, 0) is 4.79 Å². The van der Waals surface area contributed by atoms with Gasteiger partial charge in [-0.3, -0.25) is 4.79 Å². The molecule has 0 radical (unpaired) electrons. The van der Waals surface area contributed by atoms with Crippen molar-refractivity contribution in [3.8, 4) is 11.8 Å². The van der Waals surface area contributed by atoms with Gasteiger partial charge in [-0.15, -0.1) is 0 Å². The number of nitrogens with zero attached hydrogens (tertiary/aromatic N) is 2. The summed E-state index contributed by atoms with van der Waals surface area (Å²) in [6, 6.07) is 5.30. The van der Waals surface area contributed by atoms with Gasteiger partial charge >= 0.3 is 0 Å². The molecule has 1 aromatic carbocycles. The van der Waals surface area contributed by atoms with Crippen molar-refractivity contribution in [1.29, 1.82) is 5.26 Å². The molecule has 0 saturated carbocycles. The molecule has 0 bridgehead atoms. The number of nitriles is 1. The molecule has 0 aliphatic carbocycles. The highest BCUT2D eigenvalue weighted by Crippen LogP contribution is 2.29. The Balaban J connectivity index is 1.99. The van der Waals surface area contributed by atoms with Crippen molar-refractivity contribution in [3.63, 3.8) is 0 Å². The quantitative estimate of drug-likeness (QED) is 0.626. The summed E-state index contributed by atoms with van der Waals surface area (Å²) in [7, 11) is 0. The number of likely N-dealkylation sites (tertiary alicyclic amines) is 1. The maximum Gasteiger partial charge on any atom is 0.260 e. The standard InChI is InChI=1S/C15H18IN3O2/c16-12-7-11(9-17)8-13(18)15(12)21-10-14(20)19-5-3-1-2-4-6-19/h7-8H,1-6,10,18H2. The normalized spacial score (nSPS) is 15.1. The first-order valence-electron chi connectivity index (χ1n) is 7.01. The van der Waals surface area contributed by atoms with Crippen LogP contribution in [0.5, 0.6) is 5.75 Å². The predicted molar refractivity (Wildman–Crippen MR) is 88.8 cm³/mol. The van der Waals surface area contributed by atoms with Gasteiger partial charge in [0.15, 0.2) is 12.4 Å². The minimum Gasteiger partial charge on any atom is -0.480 e. The summed E-state index contributed by atoms with van der Waals surface area (Å²) in [4.78, 5) is 14.0. The Labute approximate surface area is 138 Å². The van der Waals surface area contributed by atoms with Crippen molar-refractivity contribution in [3.05, 3.63) is 21.3 Å². The van der Waals surface area contributed by atoms with E-state index in [1.165, 1.54) is 12.8 Å². The van der Waals surface area contributed by atoms with Crippen LogP contribution in [0.3, 0.4) is 0 Å². The number of rotatable bonds is 3. The summed E-state index contributed by atoms with van der Waals surface area (Å²) in [5.74, 6) is 0.481. The second kappa shape index (κ2) is 7.50.